The van der Waals surface area contributed by atoms with E-state index >= 15 is 8.78 Å². The number of pyridine rings is 1. The largest absolute Gasteiger partial charge is 0.508 e. The SMILES string of the molecule is CCc1c(F)ccc2cc(O)cc(-c3c(F)c4nc(OCC5(CN6CCC7(CCOCC7)C6)CC5)nc(N5CCOCC(C)(O)C5)c4c4ccnn34)c12. The van der Waals surface area contributed by atoms with Crippen molar-refractivity contribution < 1.29 is 33.2 Å². The van der Waals surface area contributed by atoms with Gasteiger partial charge in [0.2, 0.25) is 0 Å². The minimum absolute atomic E-state index is 0.00889. The van der Waals surface area contributed by atoms with Crippen LogP contribution >= 0.6 is 0 Å². The van der Waals surface area contributed by atoms with E-state index in [1.807, 2.05) is 11.8 Å². The minimum Gasteiger partial charge on any atom is -0.508 e. The first kappa shape index (κ1) is 34.6. The summed E-state index contributed by atoms with van der Waals surface area (Å²) < 4.78 is 52.2. The summed E-state index contributed by atoms with van der Waals surface area (Å²) in [4.78, 5) is 14.2. The zero-order valence-electron chi connectivity index (χ0n) is 30.3. The van der Waals surface area contributed by atoms with Gasteiger partial charge >= 0.3 is 6.01 Å². The van der Waals surface area contributed by atoms with Crippen LogP contribution in [-0.2, 0) is 15.9 Å². The second kappa shape index (κ2) is 13.0. The number of likely N-dealkylation sites (tertiary alicyclic amines) is 1. The molecule has 9 rings (SSSR count). The summed E-state index contributed by atoms with van der Waals surface area (Å²) in [6.45, 7) is 9.75. The molecule has 1 saturated carbocycles. The molecule has 1 spiro atoms. The molecule has 2 N–H and O–H groups in total. The van der Waals surface area contributed by atoms with Crippen molar-refractivity contribution in [2.45, 2.75) is 58.0 Å². The highest BCUT2D eigenvalue weighted by molar-refractivity contribution is 6.07. The Morgan fingerprint density at radius 3 is 2.57 bits per heavy atom. The van der Waals surface area contributed by atoms with E-state index in [0.717, 1.165) is 58.5 Å². The van der Waals surface area contributed by atoms with Gasteiger partial charge in [-0.1, -0.05) is 13.0 Å². The lowest BCUT2D eigenvalue weighted by Gasteiger charge is -2.34. The van der Waals surface area contributed by atoms with Crippen LogP contribution in [0.4, 0.5) is 14.6 Å². The summed E-state index contributed by atoms with van der Waals surface area (Å²) >= 11 is 0. The van der Waals surface area contributed by atoms with Crippen LogP contribution < -0.4 is 9.64 Å². The number of aliphatic hydroxyl groups is 1. The summed E-state index contributed by atoms with van der Waals surface area (Å²) in [6, 6.07) is 7.76. The van der Waals surface area contributed by atoms with Gasteiger partial charge in [-0.05, 0) is 98.0 Å². The molecule has 2 aromatic carbocycles. The number of phenolic OH excluding ortho intramolecular Hbond substituents is 1. The second-order valence-corrected chi connectivity index (χ2v) is 16.1. The molecular formula is C40H46F2N6O5. The number of nitrogens with zero attached hydrogens (tertiary/aromatic N) is 6. The zero-order chi connectivity index (χ0) is 36.5. The fourth-order valence-electron chi connectivity index (χ4n) is 9.03. The molecule has 6 heterocycles. The Morgan fingerprint density at radius 2 is 1.77 bits per heavy atom. The minimum atomic E-state index is -1.19. The monoisotopic (exact) mass is 728 g/mol. The van der Waals surface area contributed by atoms with Crippen molar-refractivity contribution in [2.24, 2.45) is 10.8 Å². The average molecular weight is 729 g/mol. The van der Waals surface area contributed by atoms with Crippen LogP contribution in [0.3, 0.4) is 0 Å². The van der Waals surface area contributed by atoms with E-state index in [1.54, 1.807) is 31.3 Å². The summed E-state index contributed by atoms with van der Waals surface area (Å²) in [6.07, 6.45) is 7.40. The Bertz CT molecular complexity index is 2220. The summed E-state index contributed by atoms with van der Waals surface area (Å²) in [5, 5.41) is 28.1. The van der Waals surface area contributed by atoms with Crippen LogP contribution in [0, 0.1) is 22.5 Å². The highest BCUT2D eigenvalue weighted by Crippen LogP contribution is 2.49. The number of halogens is 2. The first-order valence-corrected chi connectivity index (χ1v) is 18.9. The van der Waals surface area contributed by atoms with E-state index in [1.165, 1.54) is 23.1 Å². The summed E-state index contributed by atoms with van der Waals surface area (Å²) in [7, 11) is 0. The number of ether oxygens (including phenoxy) is 3. The number of phenols is 1. The predicted molar refractivity (Wildman–Crippen MR) is 197 cm³/mol. The molecular weight excluding hydrogens is 682 g/mol. The number of benzene rings is 2. The Hall–Kier alpha value is -4.17. The molecule has 11 nitrogen and oxygen atoms in total. The number of hydrogen-bond donors (Lipinski definition) is 2. The first-order valence-electron chi connectivity index (χ1n) is 18.9. The van der Waals surface area contributed by atoms with Crippen molar-refractivity contribution >= 4 is 33.0 Å². The Labute approximate surface area is 306 Å². The van der Waals surface area contributed by atoms with Gasteiger partial charge in [0.15, 0.2) is 5.82 Å². The molecule has 1 unspecified atom stereocenters. The van der Waals surface area contributed by atoms with E-state index in [-0.39, 0.29) is 41.5 Å². The summed E-state index contributed by atoms with van der Waals surface area (Å²) in [5.41, 5.74) is 0.390. The van der Waals surface area contributed by atoms with E-state index in [2.05, 4.69) is 10.00 Å². The van der Waals surface area contributed by atoms with Crippen LogP contribution in [0.2, 0.25) is 0 Å². The molecule has 4 aliphatic rings. The molecule has 3 aromatic heterocycles. The predicted octanol–water partition coefficient (Wildman–Crippen LogP) is 5.89. The van der Waals surface area contributed by atoms with E-state index in [9.17, 15) is 10.2 Å². The van der Waals surface area contributed by atoms with Crippen LogP contribution in [0.25, 0.3) is 38.4 Å². The fraction of sp³-hybridized carbons (Fsp3) is 0.525. The van der Waals surface area contributed by atoms with Gasteiger partial charge in [0.1, 0.15) is 34.2 Å². The highest BCUT2D eigenvalue weighted by atomic mass is 19.1. The van der Waals surface area contributed by atoms with Crippen molar-refractivity contribution in [1.82, 2.24) is 24.5 Å². The van der Waals surface area contributed by atoms with Crippen molar-refractivity contribution in [1.29, 1.82) is 0 Å². The number of fused-ring (bicyclic) bond motifs is 4. The lowest BCUT2D eigenvalue weighted by molar-refractivity contribution is -0.0123. The van der Waals surface area contributed by atoms with E-state index < -0.39 is 17.2 Å². The lowest BCUT2D eigenvalue weighted by atomic mass is 9.80. The van der Waals surface area contributed by atoms with Crippen molar-refractivity contribution in [2.75, 3.05) is 70.7 Å². The Morgan fingerprint density at radius 1 is 0.943 bits per heavy atom. The number of β-amino-alcohol motifs (C(OH)–C–C–N with tert-alkyl or cyclic N) is 1. The van der Waals surface area contributed by atoms with Crippen LogP contribution in [0.1, 0.15) is 51.5 Å². The quantitative estimate of drug-likeness (QED) is 0.200. The maximum Gasteiger partial charge on any atom is 0.319 e. The lowest BCUT2D eigenvalue weighted by Crippen LogP contribution is -2.42. The third-order valence-electron chi connectivity index (χ3n) is 12.0. The molecule has 0 amide bonds. The third kappa shape index (κ3) is 6.25. The topological polar surface area (TPSA) is 118 Å². The normalized spacial score (nSPS) is 23.0. The number of aromatic hydroxyl groups is 1. The van der Waals surface area contributed by atoms with Gasteiger partial charge in [-0.3, -0.25) is 0 Å². The van der Waals surface area contributed by atoms with E-state index in [4.69, 9.17) is 24.2 Å². The Kier molecular flexibility index (Phi) is 8.48. The second-order valence-electron chi connectivity index (χ2n) is 16.1. The van der Waals surface area contributed by atoms with Crippen molar-refractivity contribution in [3.8, 4) is 23.0 Å². The third-order valence-corrected chi connectivity index (χ3v) is 12.0. The fourth-order valence-corrected chi connectivity index (χ4v) is 9.03. The number of aromatic nitrogens is 4. The van der Waals surface area contributed by atoms with Gasteiger partial charge in [-0.25, -0.2) is 13.3 Å². The molecule has 13 heteroatoms. The first-order chi connectivity index (χ1) is 25.6. The van der Waals surface area contributed by atoms with Gasteiger partial charge < -0.3 is 34.2 Å². The van der Waals surface area contributed by atoms with Gasteiger partial charge in [-0.15, -0.1) is 0 Å². The van der Waals surface area contributed by atoms with Gasteiger partial charge in [-0.2, -0.15) is 15.1 Å². The van der Waals surface area contributed by atoms with Crippen molar-refractivity contribution in [3.05, 3.63) is 53.7 Å². The summed E-state index contributed by atoms with van der Waals surface area (Å²) in [5.74, 6) is -0.804. The van der Waals surface area contributed by atoms with Crippen LogP contribution in [0.5, 0.6) is 11.8 Å². The smallest absolute Gasteiger partial charge is 0.319 e. The van der Waals surface area contributed by atoms with Crippen molar-refractivity contribution in [3.63, 3.8) is 0 Å². The molecule has 1 aliphatic carbocycles. The molecule has 3 aliphatic heterocycles. The molecule has 280 valence electrons. The number of aryl methyl sites for hydroxylation is 1. The molecule has 0 bridgehead atoms. The van der Waals surface area contributed by atoms with Crippen LogP contribution in [-0.4, -0.2) is 106 Å². The maximum atomic E-state index is 17.6. The molecule has 4 fully saturated rings. The highest BCUT2D eigenvalue weighted by Gasteiger charge is 2.48. The number of rotatable bonds is 8. The molecule has 1 atom stereocenters. The molecule has 5 aromatic rings. The van der Waals surface area contributed by atoms with Gasteiger partial charge in [0.25, 0.3) is 0 Å². The zero-order valence-corrected chi connectivity index (χ0v) is 30.3. The molecule has 3 saturated heterocycles. The van der Waals surface area contributed by atoms with Gasteiger partial charge in [0.05, 0.1) is 43.5 Å². The molecule has 53 heavy (non-hydrogen) atoms. The standard InChI is InChI=1S/C40H46F2N6O5/c1-3-27-29(41)5-4-25-18-26(49)19-28(31(25)27)35-33(42)34-32(30-6-12-43-48(30)35)36(47-14-17-52-23-38(2,50)20-47)45-37(44-34)53-24-40(7-8-40)22-46-13-9-39(21-46)10-15-51-16-11-39/h4-6,12,18-19,49-50H,3,7-11,13-17,20-24H2,1-2H3. The number of hydrogen-bond acceptors (Lipinski definition) is 10. The van der Waals surface area contributed by atoms with Crippen LogP contribution in [0.15, 0.2) is 36.5 Å². The maximum absolute atomic E-state index is 17.6. The molecule has 0 radical (unpaired) electrons. The average Bonchev–Trinajstić information content (AvgIpc) is 3.62. The number of anilines is 1. The van der Waals surface area contributed by atoms with E-state index in [0.29, 0.717) is 70.2 Å². The Balaban J connectivity index is 1.16. The van der Waals surface area contributed by atoms with Gasteiger partial charge in [0, 0.05) is 43.8 Å².